The van der Waals surface area contributed by atoms with Crippen molar-refractivity contribution in [3.63, 3.8) is 0 Å². The zero-order valence-electron chi connectivity index (χ0n) is 14.9. The Morgan fingerprint density at radius 1 is 0.852 bits per heavy atom. The van der Waals surface area contributed by atoms with Crippen LogP contribution < -0.4 is 4.74 Å². The zero-order valence-corrected chi connectivity index (χ0v) is 14.9. The van der Waals surface area contributed by atoms with Gasteiger partial charge in [0.15, 0.2) is 11.6 Å². The lowest BCUT2D eigenvalue weighted by Gasteiger charge is -2.12. The lowest BCUT2D eigenvalue weighted by molar-refractivity contribution is -0.275. The van der Waals surface area contributed by atoms with Crippen LogP contribution in [0.3, 0.4) is 0 Å². The molecule has 0 aliphatic heterocycles. The van der Waals surface area contributed by atoms with Crippen molar-refractivity contribution in [3.8, 4) is 16.9 Å². The van der Waals surface area contributed by atoms with Crippen LogP contribution in [0.1, 0.15) is 31.7 Å². The van der Waals surface area contributed by atoms with Gasteiger partial charge in [0, 0.05) is 5.39 Å². The molecule has 0 aliphatic rings. The molecule has 0 saturated heterocycles. The van der Waals surface area contributed by atoms with Crippen molar-refractivity contribution < 1.29 is 22.3 Å². The highest BCUT2D eigenvalue weighted by Crippen LogP contribution is 2.33. The predicted molar refractivity (Wildman–Crippen MR) is 99.3 cm³/mol. The highest BCUT2D eigenvalue weighted by atomic mass is 19.4. The predicted octanol–water partition coefficient (Wildman–Crippen LogP) is 7.28. The van der Waals surface area contributed by atoms with E-state index < -0.39 is 17.9 Å². The Balaban J connectivity index is 1.85. The van der Waals surface area contributed by atoms with E-state index in [1.54, 1.807) is 12.1 Å². The number of ether oxygens (including phenoxy) is 1. The van der Waals surface area contributed by atoms with Crippen molar-refractivity contribution in [1.82, 2.24) is 0 Å². The molecule has 0 saturated carbocycles. The molecule has 0 fully saturated rings. The van der Waals surface area contributed by atoms with Gasteiger partial charge in [-0.3, -0.25) is 0 Å². The largest absolute Gasteiger partial charge is 0.573 e. The third-order valence-electron chi connectivity index (χ3n) is 4.50. The standard InChI is InChI=1S/C22H20F4O/c1-2-3-4-5-15-6-8-16(9-7-15)17-10-12-19-18(14-17)11-13-20(21(19)23)27-22(24,25)26/h6-14H,2-5H2,1H3. The van der Waals surface area contributed by atoms with Gasteiger partial charge in [-0.1, -0.05) is 62.2 Å². The fraction of sp³-hybridized carbons (Fsp3) is 0.273. The number of alkyl halides is 3. The van der Waals surface area contributed by atoms with Gasteiger partial charge in [0.05, 0.1) is 0 Å². The molecule has 0 aromatic heterocycles. The third-order valence-corrected chi connectivity index (χ3v) is 4.50. The summed E-state index contributed by atoms with van der Waals surface area (Å²) in [5, 5.41) is 0.614. The van der Waals surface area contributed by atoms with E-state index in [1.165, 1.54) is 30.5 Å². The van der Waals surface area contributed by atoms with Gasteiger partial charge < -0.3 is 4.74 Å². The molecular weight excluding hydrogens is 356 g/mol. The van der Waals surface area contributed by atoms with Gasteiger partial charge in [-0.15, -0.1) is 13.2 Å². The second kappa shape index (κ2) is 7.99. The molecule has 5 heteroatoms. The van der Waals surface area contributed by atoms with E-state index >= 15 is 0 Å². The summed E-state index contributed by atoms with van der Waals surface area (Å²) >= 11 is 0. The minimum Gasteiger partial charge on any atom is -0.403 e. The fourth-order valence-electron chi connectivity index (χ4n) is 3.10. The summed E-state index contributed by atoms with van der Waals surface area (Å²) in [6.45, 7) is 2.17. The molecule has 3 aromatic carbocycles. The number of rotatable bonds is 6. The van der Waals surface area contributed by atoms with Crippen molar-refractivity contribution in [3.05, 3.63) is 66.0 Å². The van der Waals surface area contributed by atoms with Crippen molar-refractivity contribution in [2.75, 3.05) is 0 Å². The van der Waals surface area contributed by atoms with Crippen LogP contribution >= 0.6 is 0 Å². The van der Waals surface area contributed by atoms with Gasteiger partial charge in [0.2, 0.25) is 0 Å². The van der Waals surface area contributed by atoms with E-state index in [-0.39, 0.29) is 5.39 Å². The highest BCUT2D eigenvalue weighted by Gasteiger charge is 2.32. The van der Waals surface area contributed by atoms with Gasteiger partial charge in [0.25, 0.3) is 0 Å². The van der Waals surface area contributed by atoms with Crippen molar-refractivity contribution in [2.45, 2.75) is 39.0 Å². The van der Waals surface area contributed by atoms with E-state index in [0.29, 0.717) is 5.39 Å². The maximum Gasteiger partial charge on any atom is 0.573 e. The molecule has 0 radical (unpaired) electrons. The van der Waals surface area contributed by atoms with Gasteiger partial charge in [-0.25, -0.2) is 4.39 Å². The van der Waals surface area contributed by atoms with Gasteiger partial charge in [0.1, 0.15) is 0 Å². The van der Waals surface area contributed by atoms with Crippen LogP contribution in [0, 0.1) is 5.82 Å². The summed E-state index contributed by atoms with van der Waals surface area (Å²) in [5.41, 5.74) is 3.13. The molecule has 0 atom stereocenters. The van der Waals surface area contributed by atoms with Crippen LogP contribution in [0.5, 0.6) is 5.75 Å². The smallest absolute Gasteiger partial charge is 0.403 e. The van der Waals surface area contributed by atoms with Crippen molar-refractivity contribution in [2.24, 2.45) is 0 Å². The van der Waals surface area contributed by atoms with Crippen LogP contribution in [-0.2, 0) is 6.42 Å². The van der Waals surface area contributed by atoms with Crippen LogP contribution in [0.4, 0.5) is 17.6 Å². The Bertz CT molecular complexity index is 914. The second-order valence-corrected chi connectivity index (χ2v) is 6.52. The third kappa shape index (κ3) is 4.79. The first-order chi connectivity index (χ1) is 12.9. The number of halogens is 4. The summed E-state index contributed by atoms with van der Waals surface area (Å²) in [6, 6.07) is 15.6. The molecule has 0 amide bonds. The quantitative estimate of drug-likeness (QED) is 0.324. The number of benzene rings is 3. The molecule has 142 valence electrons. The van der Waals surface area contributed by atoms with Crippen molar-refractivity contribution in [1.29, 1.82) is 0 Å². The minimum absolute atomic E-state index is 0.0942. The van der Waals surface area contributed by atoms with Crippen LogP contribution in [0.2, 0.25) is 0 Å². The van der Waals surface area contributed by atoms with Gasteiger partial charge in [-0.05, 0) is 47.1 Å². The highest BCUT2D eigenvalue weighted by molar-refractivity contribution is 5.89. The summed E-state index contributed by atoms with van der Waals surface area (Å²) < 4.78 is 55.1. The molecule has 3 rings (SSSR count). The molecular formula is C22H20F4O. The summed E-state index contributed by atoms with van der Waals surface area (Å²) in [7, 11) is 0. The fourth-order valence-corrected chi connectivity index (χ4v) is 3.10. The maximum absolute atomic E-state index is 14.3. The Morgan fingerprint density at radius 2 is 1.56 bits per heavy atom. The lowest BCUT2D eigenvalue weighted by Crippen LogP contribution is -2.17. The van der Waals surface area contributed by atoms with E-state index in [0.717, 1.165) is 30.0 Å². The van der Waals surface area contributed by atoms with Crippen LogP contribution in [0.15, 0.2) is 54.6 Å². The van der Waals surface area contributed by atoms with Gasteiger partial charge in [-0.2, -0.15) is 0 Å². The first-order valence-electron chi connectivity index (χ1n) is 8.94. The SMILES string of the molecule is CCCCCc1ccc(-c2ccc3c(F)c(OC(F)(F)F)ccc3c2)cc1. The van der Waals surface area contributed by atoms with Crippen LogP contribution in [-0.4, -0.2) is 6.36 Å². The average molecular weight is 376 g/mol. The van der Waals surface area contributed by atoms with Crippen molar-refractivity contribution >= 4 is 10.8 Å². The molecule has 0 unspecified atom stereocenters. The summed E-state index contributed by atoms with van der Waals surface area (Å²) in [6.07, 6.45) is -0.334. The average Bonchev–Trinajstić information content (AvgIpc) is 2.64. The van der Waals surface area contributed by atoms with Gasteiger partial charge >= 0.3 is 6.36 Å². The topological polar surface area (TPSA) is 9.23 Å². The van der Waals surface area contributed by atoms with E-state index in [1.807, 2.05) is 12.1 Å². The first kappa shape index (κ1) is 19.2. The second-order valence-electron chi connectivity index (χ2n) is 6.52. The number of aryl methyl sites for hydroxylation is 1. The molecule has 3 aromatic rings. The lowest BCUT2D eigenvalue weighted by atomic mass is 9.98. The molecule has 0 bridgehead atoms. The normalized spacial score (nSPS) is 11.7. The van der Waals surface area contributed by atoms with E-state index in [9.17, 15) is 17.6 Å². The summed E-state index contributed by atoms with van der Waals surface area (Å²) in [5.74, 6) is -1.83. The Morgan fingerprint density at radius 3 is 2.22 bits per heavy atom. The molecule has 0 heterocycles. The molecule has 0 aliphatic carbocycles. The van der Waals surface area contributed by atoms with E-state index in [2.05, 4.69) is 23.8 Å². The summed E-state index contributed by atoms with van der Waals surface area (Å²) in [4.78, 5) is 0. The zero-order chi connectivity index (χ0) is 19.4. The molecule has 1 nitrogen and oxygen atoms in total. The number of hydrogen-bond donors (Lipinski definition) is 0. The Labute approximate surface area is 155 Å². The number of hydrogen-bond acceptors (Lipinski definition) is 1. The number of unbranched alkanes of at least 4 members (excludes halogenated alkanes) is 2. The van der Waals surface area contributed by atoms with E-state index in [4.69, 9.17) is 0 Å². The first-order valence-corrected chi connectivity index (χ1v) is 8.94. The monoisotopic (exact) mass is 376 g/mol. The Kier molecular flexibility index (Phi) is 5.68. The Hall–Kier alpha value is -2.56. The molecule has 27 heavy (non-hydrogen) atoms. The number of fused-ring (bicyclic) bond motifs is 1. The van der Waals surface area contributed by atoms with Crippen LogP contribution in [0.25, 0.3) is 21.9 Å². The minimum atomic E-state index is -4.92. The maximum atomic E-state index is 14.3. The molecule has 0 spiro atoms. The molecule has 0 N–H and O–H groups in total.